The van der Waals surface area contributed by atoms with Crippen molar-refractivity contribution >= 4 is 11.9 Å². The van der Waals surface area contributed by atoms with Gasteiger partial charge in [-0.25, -0.2) is 4.79 Å². The van der Waals surface area contributed by atoms with Gasteiger partial charge in [-0.05, 0) is 61.2 Å². The molecule has 26 heavy (non-hydrogen) atoms. The van der Waals surface area contributed by atoms with E-state index in [4.69, 9.17) is 4.74 Å². The third kappa shape index (κ3) is 5.92. The molecule has 2 aromatic carbocycles. The van der Waals surface area contributed by atoms with E-state index in [9.17, 15) is 9.59 Å². The predicted molar refractivity (Wildman–Crippen MR) is 101 cm³/mol. The van der Waals surface area contributed by atoms with Gasteiger partial charge in [-0.2, -0.15) is 0 Å². The molecule has 0 bridgehead atoms. The molecule has 5 heteroatoms. The normalized spacial score (nSPS) is 10.3. The molecule has 0 fully saturated rings. The highest BCUT2D eigenvalue weighted by Gasteiger charge is 2.05. The molecule has 0 unspecified atom stereocenters. The third-order valence-electron chi connectivity index (χ3n) is 4.19. The molecule has 0 aromatic heterocycles. The lowest BCUT2D eigenvalue weighted by Gasteiger charge is -2.09. The second-order valence-electron chi connectivity index (χ2n) is 6.13. The van der Waals surface area contributed by atoms with Crippen LogP contribution >= 0.6 is 0 Å². The van der Waals surface area contributed by atoms with E-state index in [0.717, 1.165) is 11.3 Å². The molecule has 0 spiro atoms. The summed E-state index contributed by atoms with van der Waals surface area (Å²) in [6.07, 6.45) is 1.01. The molecule has 0 heterocycles. The van der Waals surface area contributed by atoms with Gasteiger partial charge in [0.1, 0.15) is 5.75 Å². The lowest BCUT2D eigenvalue weighted by atomic mass is 10.1. The van der Waals surface area contributed by atoms with E-state index in [2.05, 4.69) is 17.0 Å². The maximum absolute atomic E-state index is 11.9. The lowest BCUT2D eigenvalue weighted by Crippen LogP contribution is -2.27. The molecular formula is C21H25NO4. The Morgan fingerprint density at radius 1 is 1.00 bits per heavy atom. The summed E-state index contributed by atoms with van der Waals surface area (Å²) in [7, 11) is 1.36. The Morgan fingerprint density at radius 3 is 2.38 bits per heavy atom. The Balaban J connectivity index is 1.67. The Labute approximate surface area is 154 Å². The van der Waals surface area contributed by atoms with Crippen LogP contribution in [0.25, 0.3) is 0 Å². The molecular weight excluding hydrogens is 330 g/mol. The van der Waals surface area contributed by atoms with Gasteiger partial charge in [0.25, 0.3) is 0 Å². The van der Waals surface area contributed by atoms with E-state index in [1.807, 2.05) is 37.3 Å². The first-order chi connectivity index (χ1) is 12.5. The van der Waals surface area contributed by atoms with Crippen LogP contribution in [0.5, 0.6) is 5.75 Å². The maximum Gasteiger partial charge on any atom is 0.337 e. The highest BCUT2D eigenvalue weighted by atomic mass is 16.5. The van der Waals surface area contributed by atoms with Crippen LogP contribution in [0, 0.1) is 13.8 Å². The smallest absolute Gasteiger partial charge is 0.337 e. The zero-order chi connectivity index (χ0) is 18.9. The third-order valence-corrected chi connectivity index (χ3v) is 4.19. The summed E-state index contributed by atoms with van der Waals surface area (Å²) in [6, 6.07) is 13.1. The van der Waals surface area contributed by atoms with Gasteiger partial charge in [-0.3, -0.25) is 4.79 Å². The molecule has 0 aliphatic rings. The molecule has 0 atom stereocenters. The van der Waals surface area contributed by atoms with E-state index in [1.165, 1.54) is 18.2 Å². The Kier molecular flexibility index (Phi) is 7.21. The van der Waals surface area contributed by atoms with Crippen LogP contribution in [0.2, 0.25) is 0 Å². The summed E-state index contributed by atoms with van der Waals surface area (Å²) in [6.45, 7) is 4.98. The van der Waals surface area contributed by atoms with Crippen LogP contribution in [-0.2, 0) is 16.0 Å². The summed E-state index contributed by atoms with van der Waals surface area (Å²) in [4.78, 5) is 23.2. The number of carbonyl (C=O) groups excluding carboxylic acids is 2. The largest absolute Gasteiger partial charge is 0.493 e. The fourth-order valence-corrected chi connectivity index (χ4v) is 2.43. The highest BCUT2D eigenvalue weighted by molar-refractivity contribution is 5.89. The van der Waals surface area contributed by atoms with Gasteiger partial charge in [0.15, 0.2) is 0 Å². The topological polar surface area (TPSA) is 64.6 Å². The number of carbonyl (C=O) groups is 2. The number of rotatable bonds is 8. The molecule has 0 saturated carbocycles. The Bertz CT molecular complexity index is 753. The van der Waals surface area contributed by atoms with Gasteiger partial charge in [0.2, 0.25) is 5.91 Å². The fourth-order valence-electron chi connectivity index (χ4n) is 2.43. The zero-order valence-corrected chi connectivity index (χ0v) is 15.5. The second-order valence-corrected chi connectivity index (χ2v) is 6.13. The lowest BCUT2D eigenvalue weighted by molar-refractivity contribution is -0.121. The second kappa shape index (κ2) is 9.61. The van der Waals surface area contributed by atoms with E-state index < -0.39 is 0 Å². The van der Waals surface area contributed by atoms with Crippen LogP contribution in [0.1, 0.15) is 33.5 Å². The van der Waals surface area contributed by atoms with Crippen LogP contribution in [-0.4, -0.2) is 32.1 Å². The number of aryl methyl sites for hydroxylation is 2. The molecule has 0 aliphatic carbocycles. The zero-order valence-electron chi connectivity index (χ0n) is 15.5. The number of hydrogen-bond acceptors (Lipinski definition) is 4. The molecule has 138 valence electrons. The molecule has 1 N–H and O–H groups in total. The van der Waals surface area contributed by atoms with Crippen molar-refractivity contribution in [1.82, 2.24) is 5.32 Å². The number of benzene rings is 2. The molecule has 0 aliphatic heterocycles. The molecule has 0 saturated heterocycles. The molecule has 0 radical (unpaired) electrons. The standard InChI is InChI=1S/C21H25NO4/c1-15-4-9-19(14-16(15)2)26-13-11-20(23)22-12-10-17-5-7-18(8-6-17)21(24)25-3/h4-9,14H,10-13H2,1-3H3,(H,22,23). The van der Waals surface area contributed by atoms with Gasteiger partial charge < -0.3 is 14.8 Å². The van der Waals surface area contributed by atoms with Gasteiger partial charge >= 0.3 is 5.97 Å². The van der Waals surface area contributed by atoms with Crippen molar-refractivity contribution in [3.63, 3.8) is 0 Å². The monoisotopic (exact) mass is 355 g/mol. The van der Waals surface area contributed by atoms with E-state index in [0.29, 0.717) is 31.6 Å². The minimum atomic E-state index is -0.353. The van der Waals surface area contributed by atoms with Crippen molar-refractivity contribution in [3.05, 3.63) is 64.7 Å². The number of esters is 1. The first-order valence-corrected chi connectivity index (χ1v) is 8.63. The SMILES string of the molecule is COC(=O)c1ccc(CCNC(=O)CCOc2ccc(C)c(C)c2)cc1. The first-order valence-electron chi connectivity index (χ1n) is 8.63. The summed E-state index contributed by atoms with van der Waals surface area (Å²) < 4.78 is 10.3. The minimum absolute atomic E-state index is 0.0417. The fraction of sp³-hybridized carbons (Fsp3) is 0.333. The van der Waals surface area contributed by atoms with E-state index in [1.54, 1.807) is 12.1 Å². The van der Waals surface area contributed by atoms with Crippen LogP contribution in [0.15, 0.2) is 42.5 Å². The van der Waals surface area contributed by atoms with Crippen molar-refractivity contribution in [3.8, 4) is 5.75 Å². The average molecular weight is 355 g/mol. The van der Waals surface area contributed by atoms with Gasteiger partial charge in [-0.1, -0.05) is 18.2 Å². The van der Waals surface area contributed by atoms with Crippen LogP contribution < -0.4 is 10.1 Å². The van der Waals surface area contributed by atoms with Gasteiger partial charge in [0, 0.05) is 6.54 Å². The average Bonchev–Trinajstić information content (AvgIpc) is 2.64. The van der Waals surface area contributed by atoms with Crippen LogP contribution in [0.4, 0.5) is 0 Å². The summed E-state index contributed by atoms with van der Waals surface area (Å²) in [5.74, 6) is 0.389. The number of methoxy groups -OCH3 is 1. The highest BCUT2D eigenvalue weighted by Crippen LogP contribution is 2.16. The van der Waals surface area contributed by atoms with Gasteiger partial charge in [0.05, 0.1) is 25.7 Å². The first kappa shape index (κ1) is 19.5. The quantitative estimate of drug-likeness (QED) is 0.739. The number of nitrogens with one attached hydrogen (secondary N) is 1. The Morgan fingerprint density at radius 2 is 1.73 bits per heavy atom. The van der Waals surface area contributed by atoms with Crippen molar-refractivity contribution in [1.29, 1.82) is 0 Å². The molecule has 2 aromatic rings. The number of amides is 1. The van der Waals surface area contributed by atoms with Crippen molar-refractivity contribution in [2.45, 2.75) is 26.7 Å². The predicted octanol–water partition coefficient (Wildman–Crippen LogP) is 3.22. The molecule has 5 nitrogen and oxygen atoms in total. The van der Waals surface area contributed by atoms with Crippen LogP contribution in [0.3, 0.4) is 0 Å². The molecule has 1 amide bonds. The molecule has 2 rings (SSSR count). The number of ether oxygens (including phenoxy) is 2. The summed E-state index contributed by atoms with van der Waals surface area (Å²) in [5, 5.41) is 2.88. The Hall–Kier alpha value is -2.82. The van der Waals surface area contributed by atoms with Gasteiger partial charge in [-0.15, -0.1) is 0 Å². The van der Waals surface area contributed by atoms with Crippen molar-refractivity contribution in [2.24, 2.45) is 0 Å². The minimum Gasteiger partial charge on any atom is -0.493 e. The summed E-state index contributed by atoms with van der Waals surface area (Å²) in [5.41, 5.74) is 3.95. The van der Waals surface area contributed by atoms with E-state index >= 15 is 0 Å². The number of hydrogen-bond donors (Lipinski definition) is 1. The van der Waals surface area contributed by atoms with Crippen molar-refractivity contribution in [2.75, 3.05) is 20.3 Å². The van der Waals surface area contributed by atoms with Crippen molar-refractivity contribution < 1.29 is 19.1 Å². The van der Waals surface area contributed by atoms with E-state index in [-0.39, 0.29) is 11.9 Å². The summed E-state index contributed by atoms with van der Waals surface area (Å²) >= 11 is 0. The maximum atomic E-state index is 11.9.